The first-order valence-corrected chi connectivity index (χ1v) is 15.1. The van der Waals surface area contributed by atoms with E-state index in [-0.39, 0.29) is 17.4 Å². The van der Waals surface area contributed by atoms with Crippen LogP contribution in [-0.2, 0) is 20.4 Å². The molecular formula is C26H33BrN4O4S. The fraction of sp³-hybridized carbons (Fsp3) is 0.462. The lowest BCUT2D eigenvalue weighted by Crippen LogP contribution is -2.43. The summed E-state index contributed by atoms with van der Waals surface area (Å²) in [4.78, 5) is 27.8. The van der Waals surface area contributed by atoms with Crippen molar-refractivity contribution in [2.75, 3.05) is 42.6 Å². The van der Waals surface area contributed by atoms with Crippen molar-refractivity contribution in [3.63, 3.8) is 0 Å². The summed E-state index contributed by atoms with van der Waals surface area (Å²) in [6, 6.07) is 11.2. The van der Waals surface area contributed by atoms with Gasteiger partial charge in [0.05, 0.1) is 22.9 Å². The topological polar surface area (TPSA) is 108 Å². The molecule has 8 nitrogen and oxygen atoms in total. The SMILES string of the molecule is O=C(NCCCN1CCCCCC1)c1ccc2c(c1)NC(=O)C(CS(=O)(=O)Cc1cccc(Br)c1)N2. The third-order valence-electron chi connectivity index (χ3n) is 6.52. The van der Waals surface area contributed by atoms with Gasteiger partial charge in [-0.3, -0.25) is 9.59 Å². The molecular weight excluding hydrogens is 544 g/mol. The van der Waals surface area contributed by atoms with E-state index in [9.17, 15) is 18.0 Å². The number of hydrogen-bond acceptors (Lipinski definition) is 6. The van der Waals surface area contributed by atoms with Crippen molar-refractivity contribution in [1.29, 1.82) is 0 Å². The van der Waals surface area contributed by atoms with Gasteiger partial charge in [0.2, 0.25) is 5.91 Å². The molecule has 0 aromatic heterocycles. The predicted molar refractivity (Wildman–Crippen MR) is 146 cm³/mol. The molecule has 0 saturated carbocycles. The van der Waals surface area contributed by atoms with Crippen LogP contribution in [-0.4, -0.2) is 63.1 Å². The number of amides is 2. The van der Waals surface area contributed by atoms with Crippen LogP contribution in [0.25, 0.3) is 0 Å². The average molecular weight is 578 g/mol. The summed E-state index contributed by atoms with van der Waals surface area (Å²) in [5.74, 6) is -1.11. The molecule has 4 rings (SSSR count). The van der Waals surface area contributed by atoms with Gasteiger partial charge in [0.15, 0.2) is 9.84 Å². The lowest BCUT2D eigenvalue weighted by atomic mass is 10.1. The Morgan fingerprint density at radius 2 is 1.83 bits per heavy atom. The van der Waals surface area contributed by atoms with E-state index < -0.39 is 21.8 Å². The highest BCUT2D eigenvalue weighted by atomic mass is 79.9. The minimum atomic E-state index is -3.54. The van der Waals surface area contributed by atoms with Crippen molar-refractivity contribution >= 4 is 49.0 Å². The van der Waals surface area contributed by atoms with Gasteiger partial charge < -0.3 is 20.9 Å². The van der Waals surface area contributed by atoms with Gasteiger partial charge in [0, 0.05) is 16.6 Å². The molecule has 36 heavy (non-hydrogen) atoms. The normalized spacial score (nSPS) is 18.5. The predicted octanol–water partition coefficient (Wildman–Crippen LogP) is 3.79. The van der Waals surface area contributed by atoms with Crippen LogP contribution in [0.2, 0.25) is 0 Å². The van der Waals surface area contributed by atoms with Crippen LogP contribution in [0.4, 0.5) is 11.4 Å². The Balaban J connectivity index is 1.30. The molecule has 0 aliphatic carbocycles. The molecule has 2 aliphatic heterocycles. The molecule has 2 aromatic rings. The second kappa shape index (κ2) is 12.2. The molecule has 2 aromatic carbocycles. The quantitative estimate of drug-likeness (QED) is 0.392. The number of halogens is 1. The van der Waals surface area contributed by atoms with E-state index in [1.54, 1.807) is 36.4 Å². The Labute approximate surface area is 221 Å². The number of benzene rings is 2. The van der Waals surface area contributed by atoms with Gasteiger partial charge in [-0.25, -0.2) is 8.42 Å². The molecule has 10 heteroatoms. The second-order valence-corrected chi connectivity index (χ2v) is 12.5. The maximum absolute atomic E-state index is 12.7. The Morgan fingerprint density at radius 1 is 1.06 bits per heavy atom. The highest BCUT2D eigenvalue weighted by molar-refractivity contribution is 9.10. The number of likely N-dealkylation sites (tertiary alicyclic amines) is 1. The molecule has 1 atom stereocenters. The van der Waals surface area contributed by atoms with E-state index in [1.165, 1.54) is 25.7 Å². The largest absolute Gasteiger partial charge is 0.371 e. The molecule has 1 unspecified atom stereocenters. The van der Waals surface area contributed by atoms with Crippen molar-refractivity contribution in [2.45, 2.75) is 43.9 Å². The lowest BCUT2D eigenvalue weighted by molar-refractivity contribution is -0.116. The fourth-order valence-electron chi connectivity index (χ4n) is 4.67. The molecule has 0 radical (unpaired) electrons. The number of nitrogens with one attached hydrogen (secondary N) is 3. The number of hydrogen-bond donors (Lipinski definition) is 3. The van der Waals surface area contributed by atoms with Crippen molar-refractivity contribution in [3.8, 4) is 0 Å². The highest BCUT2D eigenvalue weighted by Crippen LogP contribution is 2.28. The van der Waals surface area contributed by atoms with Gasteiger partial charge in [-0.1, -0.05) is 40.9 Å². The number of rotatable bonds is 9. The Morgan fingerprint density at radius 3 is 2.58 bits per heavy atom. The number of carbonyl (C=O) groups is 2. The summed E-state index contributed by atoms with van der Waals surface area (Å²) in [6.07, 6.45) is 6.00. The standard InChI is InChI=1S/C26H33BrN4O4S/c27-21-8-5-7-19(15-21)17-36(34,35)18-24-26(33)30-23-16-20(9-10-22(23)29-24)25(32)28-11-6-14-31-12-3-1-2-4-13-31/h5,7-10,15-16,24,29H,1-4,6,11-14,17-18H2,(H,28,32)(H,30,33). The monoisotopic (exact) mass is 576 g/mol. The van der Waals surface area contributed by atoms with E-state index in [2.05, 4.69) is 36.8 Å². The number of nitrogens with zero attached hydrogens (tertiary/aromatic N) is 1. The fourth-order valence-corrected chi connectivity index (χ4v) is 6.66. The first-order valence-electron chi connectivity index (χ1n) is 12.5. The first kappa shape index (κ1) is 26.6. The van der Waals surface area contributed by atoms with E-state index in [0.29, 0.717) is 29.0 Å². The molecule has 2 aliphatic rings. The highest BCUT2D eigenvalue weighted by Gasteiger charge is 2.30. The van der Waals surface area contributed by atoms with Gasteiger partial charge in [0.1, 0.15) is 6.04 Å². The number of carbonyl (C=O) groups excluding carboxylic acids is 2. The van der Waals surface area contributed by atoms with Crippen molar-refractivity contribution in [3.05, 3.63) is 58.1 Å². The van der Waals surface area contributed by atoms with E-state index in [4.69, 9.17) is 0 Å². The molecule has 2 amide bonds. The molecule has 1 fully saturated rings. The lowest BCUT2D eigenvalue weighted by Gasteiger charge is -2.27. The number of anilines is 2. The van der Waals surface area contributed by atoms with Crippen molar-refractivity contribution < 1.29 is 18.0 Å². The Bertz CT molecular complexity index is 1200. The zero-order valence-corrected chi connectivity index (χ0v) is 22.7. The third kappa shape index (κ3) is 7.54. The zero-order chi connectivity index (χ0) is 25.5. The van der Waals surface area contributed by atoms with Crippen LogP contribution in [0, 0.1) is 0 Å². The zero-order valence-electron chi connectivity index (χ0n) is 20.3. The van der Waals surface area contributed by atoms with E-state index in [0.717, 1.165) is 30.5 Å². The van der Waals surface area contributed by atoms with Gasteiger partial charge in [-0.05, 0) is 74.8 Å². The van der Waals surface area contributed by atoms with Crippen LogP contribution in [0.15, 0.2) is 46.9 Å². The van der Waals surface area contributed by atoms with Crippen molar-refractivity contribution in [2.24, 2.45) is 0 Å². The minimum absolute atomic E-state index is 0.151. The summed E-state index contributed by atoms with van der Waals surface area (Å²) in [7, 11) is -3.54. The minimum Gasteiger partial charge on any atom is -0.371 e. The van der Waals surface area contributed by atoms with E-state index >= 15 is 0 Å². The second-order valence-electron chi connectivity index (χ2n) is 9.50. The molecule has 194 valence electrons. The molecule has 2 heterocycles. The van der Waals surface area contributed by atoms with Crippen LogP contribution in [0.3, 0.4) is 0 Å². The number of sulfone groups is 1. The number of fused-ring (bicyclic) bond motifs is 1. The summed E-state index contributed by atoms with van der Waals surface area (Å²) >= 11 is 3.35. The Hall–Kier alpha value is -2.43. The Kier molecular flexibility index (Phi) is 9.03. The first-order chi connectivity index (χ1) is 17.3. The third-order valence-corrected chi connectivity index (χ3v) is 8.63. The average Bonchev–Trinajstić information content (AvgIpc) is 3.10. The maximum Gasteiger partial charge on any atom is 0.251 e. The van der Waals surface area contributed by atoms with Gasteiger partial charge in [-0.15, -0.1) is 0 Å². The van der Waals surface area contributed by atoms with Crippen molar-refractivity contribution in [1.82, 2.24) is 10.2 Å². The van der Waals surface area contributed by atoms with E-state index in [1.807, 2.05) is 6.07 Å². The summed E-state index contributed by atoms with van der Waals surface area (Å²) < 4.78 is 26.3. The summed E-state index contributed by atoms with van der Waals surface area (Å²) in [5, 5.41) is 8.74. The molecule has 1 saturated heterocycles. The molecule has 0 spiro atoms. The summed E-state index contributed by atoms with van der Waals surface area (Å²) in [6.45, 7) is 3.85. The van der Waals surface area contributed by atoms with Crippen LogP contribution in [0.5, 0.6) is 0 Å². The van der Waals surface area contributed by atoms with Gasteiger partial charge in [-0.2, -0.15) is 0 Å². The molecule has 3 N–H and O–H groups in total. The van der Waals surface area contributed by atoms with Gasteiger partial charge >= 0.3 is 0 Å². The molecule has 0 bridgehead atoms. The smallest absolute Gasteiger partial charge is 0.251 e. The van der Waals surface area contributed by atoms with Crippen LogP contribution < -0.4 is 16.0 Å². The summed E-state index contributed by atoms with van der Waals surface area (Å²) in [5.41, 5.74) is 2.17. The maximum atomic E-state index is 12.7. The van der Waals surface area contributed by atoms with Crippen LogP contribution in [0.1, 0.15) is 48.0 Å². The van der Waals surface area contributed by atoms with Gasteiger partial charge in [0.25, 0.3) is 5.91 Å². The van der Waals surface area contributed by atoms with Crippen LogP contribution >= 0.6 is 15.9 Å².